The van der Waals surface area contributed by atoms with Gasteiger partial charge in [0.2, 0.25) is 0 Å². The SMILES string of the molecule is CCOC(=O)CN1CCN(C(=O)NC2(c3cccnc3)CCN(Cc3ccccc3)CC2)CC1. The number of likely N-dealkylation sites (tertiary alicyclic amines) is 1. The third-order valence-corrected chi connectivity index (χ3v) is 6.84. The van der Waals surface area contributed by atoms with Gasteiger partial charge in [0.25, 0.3) is 0 Å². The minimum absolute atomic E-state index is 0.0452. The number of rotatable bonds is 7. The molecule has 2 aliphatic heterocycles. The highest BCUT2D eigenvalue weighted by atomic mass is 16.5. The second-order valence-electron chi connectivity index (χ2n) is 9.08. The number of urea groups is 1. The fraction of sp³-hybridized carbons (Fsp3) is 0.500. The zero-order chi connectivity index (χ0) is 23.8. The number of nitrogens with one attached hydrogen (secondary N) is 1. The third-order valence-electron chi connectivity index (χ3n) is 6.84. The summed E-state index contributed by atoms with van der Waals surface area (Å²) in [4.78, 5) is 35.8. The van der Waals surface area contributed by atoms with Gasteiger partial charge in [0, 0.05) is 58.2 Å². The molecule has 2 fully saturated rings. The van der Waals surface area contributed by atoms with Crippen LogP contribution in [0.2, 0.25) is 0 Å². The van der Waals surface area contributed by atoms with E-state index in [0.717, 1.165) is 38.0 Å². The molecule has 8 nitrogen and oxygen atoms in total. The normalized spacial score (nSPS) is 18.9. The molecule has 0 saturated carbocycles. The number of pyridine rings is 1. The smallest absolute Gasteiger partial charge is 0.320 e. The van der Waals surface area contributed by atoms with Gasteiger partial charge in [-0.15, -0.1) is 0 Å². The highest BCUT2D eigenvalue weighted by Crippen LogP contribution is 2.33. The lowest BCUT2D eigenvalue weighted by Gasteiger charge is -2.44. The highest BCUT2D eigenvalue weighted by Gasteiger charge is 2.39. The van der Waals surface area contributed by atoms with E-state index in [1.807, 2.05) is 35.1 Å². The standard InChI is InChI=1S/C26H35N5O3/c1-2-34-24(32)21-30-15-17-31(18-16-30)25(33)28-26(23-9-6-12-27-19-23)10-13-29(14-11-26)20-22-7-4-3-5-8-22/h3-9,12,19H,2,10-11,13-18,20-21H2,1H3,(H,28,33). The molecular formula is C26H35N5O3. The molecule has 2 saturated heterocycles. The number of ether oxygens (including phenoxy) is 1. The van der Waals surface area contributed by atoms with Crippen LogP contribution in [0.4, 0.5) is 4.79 Å². The quantitative estimate of drug-likeness (QED) is 0.633. The summed E-state index contributed by atoms with van der Waals surface area (Å²) in [6.07, 6.45) is 5.32. The molecular weight excluding hydrogens is 430 g/mol. The molecule has 4 rings (SSSR count). The third kappa shape index (κ3) is 6.12. The number of esters is 1. The summed E-state index contributed by atoms with van der Waals surface area (Å²) >= 11 is 0. The van der Waals surface area contributed by atoms with Gasteiger partial charge < -0.3 is 15.0 Å². The van der Waals surface area contributed by atoms with Gasteiger partial charge in [-0.1, -0.05) is 36.4 Å². The van der Waals surface area contributed by atoms with Gasteiger partial charge in [0.1, 0.15) is 0 Å². The summed E-state index contributed by atoms with van der Waals surface area (Å²) in [6.45, 7) is 7.71. The van der Waals surface area contributed by atoms with Crippen LogP contribution in [0.3, 0.4) is 0 Å². The van der Waals surface area contributed by atoms with Crippen LogP contribution in [0, 0.1) is 0 Å². The summed E-state index contributed by atoms with van der Waals surface area (Å²) in [7, 11) is 0. The molecule has 0 spiro atoms. The lowest BCUT2D eigenvalue weighted by Crippen LogP contribution is -2.59. The van der Waals surface area contributed by atoms with Crippen molar-refractivity contribution in [2.75, 3.05) is 52.4 Å². The zero-order valence-electron chi connectivity index (χ0n) is 20.0. The van der Waals surface area contributed by atoms with Gasteiger partial charge in [-0.05, 0) is 37.0 Å². The van der Waals surface area contributed by atoms with Crippen molar-refractivity contribution in [1.82, 2.24) is 25.0 Å². The molecule has 2 aliphatic rings. The fourth-order valence-electron chi connectivity index (χ4n) is 4.85. The summed E-state index contributed by atoms with van der Waals surface area (Å²) in [5.41, 5.74) is 1.94. The Balaban J connectivity index is 1.37. The maximum atomic E-state index is 13.3. The molecule has 3 heterocycles. The Morgan fingerprint density at radius 1 is 0.971 bits per heavy atom. The summed E-state index contributed by atoms with van der Waals surface area (Å²) in [5, 5.41) is 3.39. The van der Waals surface area contributed by atoms with E-state index in [1.165, 1.54) is 5.56 Å². The lowest BCUT2D eigenvalue weighted by molar-refractivity contribution is -0.144. The molecule has 2 amide bonds. The van der Waals surface area contributed by atoms with Crippen LogP contribution in [0.1, 0.15) is 30.9 Å². The van der Waals surface area contributed by atoms with E-state index in [9.17, 15) is 9.59 Å². The zero-order valence-corrected chi connectivity index (χ0v) is 20.0. The van der Waals surface area contributed by atoms with Crippen molar-refractivity contribution in [3.8, 4) is 0 Å². The number of carbonyl (C=O) groups is 2. The maximum absolute atomic E-state index is 13.3. The molecule has 1 N–H and O–H groups in total. The second-order valence-corrected chi connectivity index (χ2v) is 9.08. The van der Waals surface area contributed by atoms with Crippen LogP contribution in [0.25, 0.3) is 0 Å². The monoisotopic (exact) mass is 465 g/mol. The maximum Gasteiger partial charge on any atom is 0.320 e. The van der Waals surface area contributed by atoms with E-state index in [4.69, 9.17) is 4.74 Å². The van der Waals surface area contributed by atoms with Gasteiger partial charge in [-0.25, -0.2) is 4.79 Å². The van der Waals surface area contributed by atoms with Crippen molar-refractivity contribution >= 4 is 12.0 Å². The van der Waals surface area contributed by atoms with E-state index < -0.39 is 5.54 Å². The number of carbonyl (C=O) groups excluding carboxylic acids is 2. The Bertz CT molecular complexity index is 924. The number of aromatic nitrogens is 1. The Labute approximate surface area is 201 Å². The van der Waals surface area contributed by atoms with Crippen molar-refractivity contribution in [2.45, 2.75) is 31.8 Å². The first-order valence-corrected chi connectivity index (χ1v) is 12.2. The first-order valence-electron chi connectivity index (χ1n) is 12.2. The number of amides is 2. The second kappa shape index (κ2) is 11.4. The number of hydrogen-bond donors (Lipinski definition) is 1. The molecule has 0 unspecified atom stereocenters. The summed E-state index contributed by atoms with van der Waals surface area (Å²) in [5.74, 6) is -0.210. The fourth-order valence-corrected chi connectivity index (χ4v) is 4.85. The van der Waals surface area contributed by atoms with Gasteiger partial charge in [0.15, 0.2) is 0 Å². The topological polar surface area (TPSA) is 78.0 Å². The number of nitrogens with zero attached hydrogens (tertiary/aromatic N) is 4. The molecule has 0 radical (unpaired) electrons. The molecule has 0 aliphatic carbocycles. The van der Waals surface area contributed by atoms with Crippen molar-refractivity contribution in [3.63, 3.8) is 0 Å². The largest absolute Gasteiger partial charge is 0.465 e. The number of piperidine rings is 1. The van der Waals surface area contributed by atoms with Crippen LogP contribution < -0.4 is 5.32 Å². The highest BCUT2D eigenvalue weighted by molar-refractivity contribution is 5.76. The minimum Gasteiger partial charge on any atom is -0.465 e. The minimum atomic E-state index is -0.430. The molecule has 182 valence electrons. The predicted octanol–water partition coefficient (Wildman–Crippen LogP) is 2.46. The molecule has 1 aromatic heterocycles. The van der Waals surface area contributed by atoms with E-state index in [-0.39, 0.29) is 18.5 Å². The van der Waals surface area contributed by atoms with Gasteiger partial charge in [0.05, 0.1) is 18.7 Å². The van der Waals surface area contributed by atoms with Crippen molar-refractivity contribution in [2.24, 2.45) is 0 Å². The average molecular weight is 466 g/mol. The Morgan fingerprint density at radius 3 is 2.35 bits per heavy atom. The number of hydrogen-bond acceptors (Lipinski definition) is 6. The molecule has 0 bridgehead atoms. The average Bonchev–Trinajstić information content (AvgIpc) is 2.87. The van der Waals surface area contributed by atoms with Gasteiger partial charge >= 0.3 is 12.0 Å². The van der Waals surface area contributed by atoms with Crippen LogP contribution in [0.15, 0.2) is 54.9 Å². The Morgan fingerprint density at radius 2 is 1.71 bits per heavy atom. The Kier molecular flexibility index (Phi) is 8.13. The van der Waals surface area contributed by atoms with E-state index in [2.05, 4.69) is 45.5 Å². The first-order chi connectivity index (χ1) is 16.6. The van der Waals surface area contributed by atoms with Crippen LogP contribution in [-0.4, -0.2) is 84.1 Å². The predicted molar refractivity (Wildman–Crippen MR) is 130 cm³/mol. The Hall–Kier alpha value is -2.97. The molecule has 1 aromatic carbocycles. The van der Waals surface area contributed by atoms with Gasteiger partial charge in [-0.2, -0.15) is 0 Å². The van der Waals surface area contributed by atoms with E-state index in [0.29, 0.717) is 32.8 Å². The van der Waals surface area contributed by atoms with E-state index >= 15 is 0 Å². The lowest BCUT2D eigenvalue weighted by atomic mass is 9.81. The molecule has 2 aromatic rings. The van der Waals surface area contributed by atoms with E-state index in [1.54, 1.807) is 6.20 Å². The van der Waals surface area contributed by atoms with Crippen LogP contribution in [-0.2, 0) is 21.6 Å². The van der Waals surface area contributed by atoms with Crippen LogP contribution >= 0.6 is 0 Å². The van der Waals surface area contributed by atoms with Crippen molar-refractivity contribution in [3.05, 3.63) is 66.0 Å². The number of piperazine rings is 1. The van der Waals surface area contributed by atoms with Crippen molar-refractivity contribution in [1.29, 1.82) is 0 Å². The molecule has 8 heteroatoms. The number of benzene rings is 1. The van der Waals surface area contributed by atoms with Gasteiger partial charge in [-0.3, -0.25) is 19.6 Å². The summed E-state index contributed by atoms with van der Waals surface area (Å²) < 4.78 is 5.04. The molecule has 0 atom stereocenters. The summed E-state index contributed by atoms with van der Waals surface area (Å²) in [6, 6.07) is 14.5. The molecule has 34 heavy (non-hydrogen) atoms. The van der Waals surface area contributed by atoms with Crippen LogP contribution in [0.5, 0.6) is 0 Å². The first kappa shape index (κ1) is 24.2. The van der Waals surface area contributed by atoms with Crippen molar-refractivity contribution < 1.29 is 14.3 Å².